The molecule has 0 amide bonds. The standard InChI is InChI=1S/C13H29N/c1-4-6-7-8-9-11-13(3,12-14)10-5-2/h4-12,14H2,1-3H3. The summed E-state index contributed by atoms with van der Waals surface area (Å²) in [6, 6.07) is 0. The molecule has 1 nitrogen and oxygen atoms in total. The van der Waals surface area contributed by atoms with Gasteiger partial charge in [0.05, 0.1) is 0 Å². The highest BCUT2D eigenvalue weighted by molar-refractivity contribution is 4.74. The van der Waals surface area contributed by atoms with Crippen molar-refractivity contribution in [3.63, 3.8) is 0 Å². The number of unbranched alkanes of at least 4 members (excludes halogenated alkanes) is 4. The van der Waals surface area contributed by atoms with E-state index in [-0.39, 0.29) is 0 Å². The van der Waals surface area contributed by atoms with Crippen molar-refractivity contribution in [3.8, 4) is 0 Å². The van der Waals surface area contributed by atoms with Crippen LogP contribution in [-0.4, -0.2) is 6.54 Å². The summed E-state index contributed by atoms with van der Waals surface area (Å²) in [4.78, 5) is 0. The normalized spacial score (nSPS) is 15.4. The molecule has 0 aromatic heterocycles. The number of hydrogen-bond acceptors (Lipinski definition) is 1. The minimum atomic E-state index is 0.418. The summed E-state index contributed by atoms with van der Waals surface area (Å²) in [5, 5.41) is 0. The van der Waals surface area contributed by atoms with Gasteiger partial charge >= 0.3 is 0 Å². The summed E-state index contributed by atoms with van der Waals surface area (Å²) >= 11 is 0. The molecule has 0 aliphatic rings. The zero-order chi connectivity index (χ0) is 10.9. The van der Waals surface area contributed by atoms with Gasteiger partial charge in [-0.3, -0.25) is 0 Å². The van der Waals surface area contributed by atoms with E-state index in [4.69, 9.17) is 5.73 Å². The van der Waals surface area contributed by atoms with Crippen LogP contribution in [0.4, 0.5) is 0 Å². The molecular weight excluding hydrogens is 170 g/mol. The van der Waals surface area contributed by atoms with E-state index >= 15 is 0 Å². The monoisotopic (exact) mass is 199 g/mol. The third-order valence-electron chi connectivity index (χ3n) is 3.23. The molecule has 1 atom stereocenters. The van der Waals surface area contributed by atoms with Gasteiger partial charge in [-0.25, -0.2) is 0 Å². The fourth-order valence-electron chi connectivity index (χ4n) is 2.09. The van der Waals surface area contributed by atoms with Gasteiger partial charge in [-0.05, 0) is 24.8 Å². The molecule has 2 N–H and O–H groups in total. The molecule has 14 heavy (non-hydrogen) atoms. The van der Waals surface area contributed by atoms with Crippen LogP contribution in [0.25, 0.3) is 0 Å². The highest BCUT2D eigenvalue weighted by Gasteiger charge is 2.20. The van der Waals surface area contributed by atoms with Crippen molar-refractivity contribution in [2.75, 3.05) is 6.54 Å². The predicted molar refractivity (Wildman–Crippen MR) is 65.4 cm³/mol. The van der Waals surface area contributed by atoms with Crippen LogP contribution in [0.3, 0.4) is 0 Å². The molecule has 0 aliphatic heterocycles. The summed E-state index contributed by atoms with van der Waals surface area (Å²) in [6.07, 6.45) is 10.8. The van der Waals surface area contributed by atoms with Crippen LogP contribution in [0.15, 0.2) is 0 Å². The molecule has 1 heteroatoms. The zero-order valence-electron chi connectivity index (χ0n) is 10.4. The van der Waals surface area contributed by atoms with E-state index in [0.717, 1.165) is 6.54 Å². The Labute approximate surface area is 90.5 Å². The maximum absolute atomic E-state index is 5.83. The predicted octanol–water partition coefficient (Wildman–Crippen LogP) is 4.11. The second kappa shape index (κ2) is 8.28. The van der Waals surface area contributed by atoms with E-state index in [9.17, 15) is 0 Å². The lowest BCUT2D eigenvalue weighted by Crippen LogP contribution is -2.26. The van der Waals surface area contributed by atoms with Gasteiger partial charge in [-0.1, -0.05) is 59.3 Å². The van der Waals surface area contributed by atoms with E-state index in [1.54, 1.807) is 0 Å². The third kappa shape index (κ3) is 6.42. The minimum absolute atomic E-state index is 0.418. The average Bonchev–Trinajstić information content (AvgIpc) is 2.18. The van der Waals surface area contributed by atoms with Gasteiger partial charge in [0.2, 0.25) is 0 Å². The van der Waals surface area contributed by atoms with Gasteiger partial charge in [-0.2, -0.15) is 0 Å². The highest BCUT2D eigenvalue weighted by atomic mass is 14.6. The van der Waals surface area contributed by atoms with Gasteiger partial charge in [0.1, 0.15) is 0 Å². The van der Waals surface area contributed by atoms with Gasteiger partial charge in [0.15, 0.2) is 0 Å². The van der Waals surface area contributed by atoms with Crippen molar-refractivity contribution in [2.24, 2.45) is 11.1 Å². The third-order valence-corrected chi connectivity index (χ3v) is 3.23. The first-order chi connectivity index (χ1) is 6.68. The fraction of sp³-hybridized carbons (Fsp3) is 1.00. The summed E-state index contributed by atoms with van der Waals surface area (Å²) in [5.41, 5.74) is 6.25. The molecule has 86 valence electrons. The molecule has 0 aliphatic carbocycles. The van der Waals surface area contributed by atoms with Crippen LogP contribution >= 0.6 is 0 Å². The Balaban J connectivity index is 3.51. The second-order valence-corrected chi connectivity index (χ2v) is 4.93. The molecular formula is C13H29N. The molecule has 0 heterocycles. The van der Waals surface area contributed by atoms with Gasteiger partial charge < -0.3 is 5.73 Å². The van der Waals surface area contributed by atoms with Crippen LogP contribution in [0.1, 0.15) is 72.1 Å². The van der Waals surface area contributed by atoms with Crippen LogP contribution in [-0.2, 0) is 0 Å². The summed E-state index contributed by atoms with van der Waals surface area (Å²) in [5.74, 6) is 0. The van der Waals surface area contributed by atoms with Gasteiger partial charge in [-0.15, -0.1) is 0 Å². The molecule has 0 radical (unpaired) electrons. The van der Waals surface area contributed by atoms with Gasteiger partial charge in [0.25, 0.3) is 0 Å². The zero-order valence-corrected chi connectivity index (χ0v) is 10.4. The quantitative estimate of drug-likeness (QED) is 0.556. The Hall–Kier alpha value is -0.0400. The number of hydrogen-bond donors (Lipinski definition) is 1. The Morgan fingerprint density at radius 3 is 2.00 bits per heavy atom. The lowest BCUT2D eigenvalue weighted by atomic mass is 9.80. The molecule has 0 aromatic rings. The smallest absolute Gasteiger partial charge is 0.00232 e. The number of rotatable bonds is 9. The Bertz CT molecular complexity index is 122. The van der Waals surface area contributed by atoms with Crippen molar-refractivity contribution < 1.29 is 0 Å². The van der Waals surface area contributed by atoms with Crippen molar-refractivity contribution in [3.05, 3.63) is 0 Å². The maximum Gasteiger partial charge on any atom is -0.00232 e. The molecule has 0 spiro atoms. The fourth-order valence-corrected chi connectivity index (χ4v) is 2.09. The summed E-state index contributed by atoms with van der Waals surface area (Å²) in [6.45, 7) is 7.72. The number of nitrogens with two attached hydrogens (primary N) is 1. The van der Waals surface area contributed by atoms with E-state index in [2.05, 4.69) is 20.8 Å². The first-order valence-electron chi connectivity index (χ1n) is 6.38. The van der Waals surface area contributed by atoms with Crippen LogP contribution < -0.4 is 5.73 Å². The SMILES string of the molecule is CCCCCCCC(C)(CN)CCC. The van der Waals surface area contributed by atoms with Crippen molar-refractivity contribution in [2.45, 2.75) is 72.1 Å². The molecule has 0 rings (SSSR count). The Morgan fingerprint density at radius 2 is 1.50 bits per heavy atom. The van der Waals surface area contributed by atoms with Crippen molar-refractivity contribution >= 4 is 0 Å². The highest BCUT2D eigenvalue weighted by Crippen LogP contribution is 2.28. The molecule has 0 saturated heterocycles. The Kier molecular flexibility index (Phi) is 8.26. The lowest BCUT2D eigenvalue weighted by molar-refractivity contribution is 0.269. The molecule has 1 unspecified atom stereocenters. The molecule has 0 aromatic carbocycles. The topological polar surface area (TPSA) is 26.0 Å². The first-order valence-corrected chi connectivity index (χ1v) is 6.38. The lowest BCUT2D eigenvalue weighted by Gasteiger charge is -2.27. The second-order valence-electron chi connectivity index (χ2n) is 4.93. The minimum Gasteiger partial charge on any atom is -0.330 e. The van der Waals surface area contributed by atoms with E-state index in [1.807, 2.05) is 0 Å². The van der Waals surface area contributed by atoms with E-state index in [0.29, 0.717) is 5.41 Å². The summed E-state index contributed by atoms with van der Waals surface area (Å²) < 4.78 is 0. The van der Waals surface area contributed by atoms with Crippen LogP contribution in [0, 0.1) is 5.41 Å². The van der Waals surface area contributed by atoms with Crippen LogP contribution in [0.5, 0.6) is 0 Å². The van der Waals surface area contributed by atoms with Gasteiger partial charge in [0, 0.05) is 0 Å². The molecule has 0 saturated carbocycles. The van der Waals surface area contributed by atoms with E-state index < -0.39 is 0 Å². The van der Waals surface area contributed by atoms with Crippen molar-refractivity contribution in [1.29, 1.82) is 0 Å². The van der Waals surface area contributed by atoms with Crippen molar-refractivity contribution in [1.82, 2.24) is 0 Å². The molecule has 0 fully saturated rings. The van der Waals surface area contributed by atoms with Crippen LogP contribution in [0.2, 0.25) is 0 Å². The maximum atomic E-state index is 5.83. The first kappa shape index (κ1) is 14.0. The Morgan fingerprint density at radius 1 is 0.857 bits per heavy atom. The average molecular weight is 199 g/mol. The van der Waals surface area contributed by atoms with E-state index in [1.165, 1.54) is 51.4 Å². The summed E-state index contributed by atoms with van der Waals surface area (Å²) in [7, 11) is 0. The largest absolute Gasteiger partial charge is 0.330 e. The molecule has 0 bridgehead atoms.